The highest BCUT2D eigenvalue weighted by molar-refractivity contribution is 5.91. The Bertz CT molecular complexity index is 685. The van der Waals surface area contributed by atoms with Crippen LogP contribution in [0.4, 0.5) is 10.5 Å². The number of amides is 2. The summed E-state index contributed by atoms with van der Waals surface area (Å²) < 4.78 is 7.71. The maximum absolute atomic E-state index is 12.4. The van der Waals surface area contributed by atoms with Crippen molar-refractivity contribution in [3.8, 4) is 5.75 Å². The molecule has 24 heavy (non-hydrogen) atoms. The van der Waals surface area contributed by atoms with Gasteiger partial charge in [0.05, 0.1) is 30.7 Å². The Morgan fingerprint density at radius 3 is 3.00 bits per heavy atom. The molecule has 2 aromatic rings. The van der Waals surface area contributed by atoms with Crippen LogP contribution in [0.3, 0.4) is 0 Å². The summed E-state index contributed by atoms with van der Waals surface area (Å²) in [5, 5.41) is 12.9. The number of rotatable bonds is 5. The van der Waals surface area contributed by atoms with Gasteiger partial charge < -0.3 is 24.6 Å². The zero-order chi connectivity index (χ0) is 17.0. The Balaban J connectivity index is 1.58. The first-order valence-electron chi connectivity index (χ1n) is 7.99. The molecule has 7 nitrogen and oxygen atoms in total. The van der Waals surface area contributed by atoms with E-state index in [9.17, 15) is 9.90 Å². The first kappa shape index (κ1) is 16.3. The van der Waals surface area contributed by atoms with Crippen molar-refractivity contribution >= 4 is 11.7 Å². The summed E-state index contributed by atoms with van der Waals surface area (Å²) >= 11 is 0. The van der Waals surface area contributed by atoms with E-state index in [2.05, 4.69) is 10.3 Å². The summed E-state index contributed by atoms with van der Waals surface area (Å²) in [7, 11) is 0. The van der Waals surface area contributed by atoms with Crippen LogP contribution < -0.4 is 10.1 Å². The molecule has 1 saturated heterocycles. The minimum atomic E-state index is -0.807. The third-order valence-corrected chi connectivity index (χ3v) is 4.03. The number of nitrogens with zero attached hydrogens (tertiary/aromatic N) is 3. The Hall–Kier alpha value is -2.54. The molecule has 2 amide bonds. The molecule has 7 heteroatoms. The highest BCUT2D eigenvalue weighted by atomic mass is 16.5. The van der Waals surface area contributed by atoms with Crippen LogP contribution >= 0.6 is 0 Å². The van der Waals surface area contributed by atoms with Gasteiger partial charge in [0.1, 0.15) is 12.4 Å². The fourth-order valence-electron chi connectivity index (χ4n) is 2.69. The number of urea groups is 1. The number of nitrogens with one attached hydrogen (secondary N) is 1. The lowest BCUT2D eigenvalue weighted by atomic mass is 10.1. The van der Waals surface area contributed by atoms with Crippen molar-refractivity contribution < 1.29 is 14.6 Å². The van der Waals surface area contributed by atoms with Gasteiger partial charge in [0.15, 0.2) is 0 Å². The van der Waals surface area contributed by atoms with Crippen LogP contribution in [0.5, 0.6) is 5.75 Å². The number of carbonyl (C=O) groups excluding carboxylic acids is 1. The van der Waals surface area contributed by atoms with Crippen LogP contribution in [0.2, 0.25) is 0 Å². The number of β-amino-alcohol motifs (C(OH)–C–C–N with tert-alkyl or cyclic N) is 1. The Morgan fingerprint density at radius 1 is 1.46 bits per heavy atom. The smallest absolute Gasteiger partial charge is 0.322 e. The largest absolute Gasteiger partial charge is 0.490 e. The normalized spacial score (nSPS) is 20.2. The molecule has 1 aromatic carbocycles. The van der Waals surface area contributed by atoms with Gasteiger partial charge in [0.2, 0.25) is 0 Å². The zero-order valence-corrected chi connectivity index (χ0v) is 13.7. The zero-order valence-electron chi connectivity index (χ0n) is 13.7. The number of anilines is 1. The van der Waals surface area contributed by atoms with Crippen molar-refractivity contribution in [2.24, 2.45) is 0 Å². The number of aliphatic hydroxyl groups is 1. The van der Waals surface area contributed by atoms with E-state index in [1.807, 2.05) is 29.0 Å². The molecule has 1 aliphatic rings. The van der Waals surface area contributed by atoms with Crippen LogP contribution in [0.1, 0.15) is 13.3 Å². The van der Waals surface area contributed by atoms with Gasteiger partial charge in [0, 0.05) is 18.9 Å². The average Bonchev–Trinajstić information content (AvgIpc) is 3.18. The lowest BCUT2D eigenvalue weighted by molar-refractivity contribution is 0.0727. The monoisotopic (exact) mass is 330 g/mol. The van der Waals surface area contributed by atoms with E-state index in [0.29, 0.717) is 44.1 Å². The number of para-hydroxylation sites is 2. The summed E-state index contributed by atoms with van der Waals surface area (Å²) in [6, 6.07) is 7.11. The third-order valence-electron chi connectivity index (χ3n) is 4.03. The van der Waals surface area contributed by atoms with Gasteiger partial charge >= 0.3 is 6.03 Å². The summed E-state index contributed by atoms with van der Waals surface area (Å²) in [5.41, 5.74) is -0.183. The lowest BCUT2D eigenvalue weighted by Gasteiger charge is -2.20. The topological polar surface area (TPSA) is 79.6 Å². The van der Waals surface area contributed by atoms with Crippen LogP contribution in [-0.4, -0.2) is 50.9 Å². The number of hydrogen-bond donors (Lipinski definition) is 2. The Kier molecular flexibility index (Phi) is 4.71. The molecule has 1 atom stereocenters. The molecule has 0 unspecified atom stereocenters. The molecular weight excluding hydrogens is 308 g/mol. The van der Waals surface area contributed by atoms with E-state index >= 15 is 0 Å². The molecule has 1 fully saturated rings. The molecule has 0 spiro atoms. The second-order valence-corrected chi connectivity index (χ2v) is 6.24. The number of imidazole rings is 1. The third kappa shape index (κ3) is 4.05. The molecule has 3 rings (SSSR count). The fourth-order valence-corrected chi connectivity index (χ4v) is 2.69. The average molecular weight is 330 g/mol. The predicted octanol–water partition coefficient (Wildman–Crippen LogP) is 1.95. The molecule has 0 saturated carbocycles. The van der Waals surface area contributed by atoms with Crippen LogP contribution in [0.15, 0.2) is 43.0 Å². The lowest BCUT2D eigenvalue weighted by Crippen LogP contribution is -2.36. The maximum atomic E-state index is 12.4. The van der Waals surface area contributed by atoms with Gasteiger partial charge in [-0.2, -0.15) is 0 Å². The second-order valence-electron chi connectivity index (χ2n) is 6.24. The minimum absolute atomic E-state index is 0.224. The summed E-state index contributed by atoms with van der Waals surface area (Å²) in [4.78, 5) is 17.9. The van der Waals surface area contributed by atoms with Gasteiger partial charge in [-0.3, -0.25) is 0 Å². The molecule has 1 aliphatic heterocycles. The Labute approximate surface area is 140 Å². The summed E-state index contributed by atoms with van der Waals surface area (Å²) in [6.07, 6.45) is 5.91. The van der Waals surface area contributed by atoms with Gasteiger partial charge in [-0.25, -0.2) is 9.78 Å². The number of likely N-dealkylation sites (tertiary alicyclic amines) is 1. The van der Waals surface area contributed by atoms with Crippen molar-refractivity contribution in [1.29, 1.82) is 0 Å². The van der Waals surface area contributed by atoms with Gasteiger partial charge in [0.25, 0.3) is 0 Å². The van der Waals surface area contributed by atoms with Crippen LogP contribution in [0.25, 0.3) is 0 Å². The quantitative estimate of drug-likeness (QED) is 0.878. The van der Waals surface area contributed by atoms with Crippen molar-refractivity contribution in [1.82, 2.24) is 14.5 Å². The number of hydrogen-bond acceptors (Lipinski definition) is 4. The van der Waals surface area contributed by atoms with Crippen molar-refractivity contribution in [2.45, 2.75) is 25.5 Å². The predicted molar refractivity (Wildman–Crippen MR) is 90.0 cm³/mol. The van der Waals surface area contributed by atoms with E-state index < -0.39 is 5.60 Å². The molecule has 0 radical (unpaired) electrons. The molecule has 0 bridgehead atoms. The van der Waals surface area contributed by atoms with E-state index in [1.54, 1.807) is 30.4 Å². The van der Waals surface area contributed by atoms with Gasteiger partial charge in [-0.15, -0.1) is 0 Å². The highest BCUT2D eigenvalue weighted by Crippen LogP contribution is 2.26. The molecule has 2 heterocycles. The molecular formula is C17H22N4O3. The minimum Gasteiger partial charge on any atom is -0.490 e. The standard InChI is InChI=1S/C17H22N4O3/c1-17(23)6-8-21(12-17)16(22)19-14-4-2-3-5-15(14)24-11-10-20-9-7-18-13-20/h2-5,7,9,13,23H,6,8,10-12H2,1H3,(H,19,22)/t17-/m1/s1. The Morgan fingerprint density at radius 2 is 2.29 bits per heavy atom. The van der Waals surface area contributed by atoms with E-state index in [1.165, 1.54) is 0 Å². The number of aromatic nitrogens is 2. The fraction of sp³-hybridized carbons (Fsp3) is 0.412. The first-order chi connectivity index (χ1) is 11.5. The molecule has 1 aromatic heterocycles. The number of ether oxygens (including phenoxy) is 1. The summed E-state index contributed by atoms with van der Waals surface area (Å²) in [5.74, 6) is 0.622. The van der Waals surface area contributed by atoms with Crippen molar-refractivity contribution in [3.05, 3.63) is 43.0 Å². The first-order valence-corrected chi connectivity index (χ1v) is 7.99. The molecule has 128 valence electrons. The van der Waals surface area contributed by atoms with E-state index in [-0.39, 0.29) is 6.03 Å². The van der Waals surface area contributed by atoms with Crippen LogP contribution in [0, 0.1) is 0 Å². The summed E-state index contributed by atoms with van der Waals surface area (Å²) in [6.45, 7) is 3.78. The maximum Gasteiger partial charge on any atom is 0.322 e. The highest BCUT2D eigenvalue weighted by Gasteiger charge is 2.34. The number of benzene rings is 1. The van der Waals surface area contributed by atoms with Crippen molar-refractivity contribution in [2.75, 3.05) is 25.0 Å². The van der Waals surface area contributed by atoms with E-state index in [4.69, 9.17) is 4.74 Å². The number of carbonyl (C=O) groups is 1. The SMILES string of the molecule is C[C@@]1(O)CCN(C(=O)Nc2ccccc2OCCn2ccnc2)C1. The molecule has 0 aliphatic carbocycles. The second kappa shape index (κ2) is 6.92. The molecule has 2 N–H and O–H groups in total. The van der Waals surface area contributed by atoms with Crippen LogP contribution in [-0.2, 0) is 6.54 Å². The van der Waals surface area contributed by atoms with Gasteiger partial charge in [-0.05, 0) is 25.5 Å². The van der Waals surface area contributed by atoms with Crippen molar-refractivity contribution in [3.63, 3.8) is 0 Å². The van der Waals surface area contributed by atoms with Gasteiger partial charge in [-0.1, -0.05) is 12.1 Å². The van der Waals surface area contributed by atoms with E-state index in [0.717, 1.165) is 0 Å².